The summed E-state index contributed by atoms with van der Waals surface area (Å²) in [6.45, 7) is 6.93. The number of anilines is 2. The Labute approximate surface area is 324 Å². The molecule has 3 fully saturated rings. The van der Waals surface area contributed by atoms with Crippen molar-refractivity contribution < 1.29 is 27.9 Å². The highest BCUT2D eigenvalue weighted by Crippen LogP contribution is 2.56. The SMILES string of the molecule is Cc1cc(NC(=O)c2ccc3c(c2)nc(CN2CCC(c4cccc5c4OC(C)(c4ccc(Cl)cc4F)O5)CC2)n3C[Si]2CCO2)cc2c1NC(=O)C21CC1. The normalized spacial score (nSPS) is 21.5. The van der Waals surface area contributed by atoms with Crippen LogP contribution in [-0.2, 0) is 33.1 Å². The number of aryl methyl sites for hydroxylation is 1. The highest BCUT2D eigenvalue weighted by atomic mass is 35.5. The van der Waals surface area contributed by atoms with Gasteiger partial charge in [-0.25, -0.2) is 9.37 Å². The molecule has 5 aliphatic rings. The van der Waals surface area contributed by atoms with Crippen LogP contribution in [0, 0.1) is 12.7 Å². The number of piperidine rings is 1. The summed E-state index contributed by atoms with van der Waals surface area (Å²) in [5.41, 5.74) is 6.76. The van der Waals surface area contributed by atoms with Gasteiger partial charge in [0.05, 0.1) is 28.6 Å². The number of carbonyl (C=O) groups is 2. The maximum absolute atomic E-state index is 15.0. The molecular formula is C42H40ClFN5O5Si. The summed E-state index contributed by atoms with van der Waals surface area (Å²) >= 11 is 6.02. The van der Waals surface area contributed by atoms with Crippen LogP contribution >= 0.6 is 11.6 Å². The Bertz CT molecular complexity index is 2420. The van der Waals surface area contributed by atoms with Crippen LogP contribution in [0.1, 0.15) is 77.0 Å². The van der Waals surface area contributed by atoms with Crippen LogP contribution in [0.2, 0.25) is 11.1 Å². The van der Waals surface area contributed by atoms with Gasteiger partial charge in [0.1, 0.15) is 11.6 Å². The molecule has 2 saturated heterocycles. The summed E-state index contributed by atoms with van der Waals surface area (Å²) in [6.07, 6.45) is 4.32. The first kappa shape index (κ1) is 34.7. The smallest absolute Gasteiger partial charge is 0.278 e. The van der Waals surface area contributed by atoms with E-state index in [1.807, 2.05) is 49.4 Å². The van der Waals surface area contributed by atoms with Gasteiger partial charge in [-0.3, -0.25) is 14.5 Å². The second kappa shape index (κ2) is 12.9. The number of imidazole rings is 1. The number of carbonyl (C=O) groups excluding carboxylic acids is 2. The van der Waals surface area contributed by atoms with Crippen LogP contribution in [-0.4, -0.2) is 55.0 Å². The van der Waals surface area contributed by atoms with Gasteiger partial charge in [-0.1, -0.05) is 23.7 Å². The van der Waals surface area contributed by atoms with Gasteiger partial charge in [0, 0.05) is 47.2 Å². The molecule has 0 bridgehead atoms. The van der Waals surface area contributed by atoms with Crippen molar-refractivity contribution in [3.8, 4) is 11.5 Å². The molecule has 55 heavy (non-hydrogen) atoms. The van der Waals surface area contributed by atoms with E-state index in [1.165, 1.54) is 6.07 Å². The number of hydrogen-bond acceptors (Lipinski definition) is 7. The number of fused-ring (bicyclic) bond motifs is 4. The number of nitrogens with zero attached hydrogens (tertiary/aromatic N) is 3. The van der Waals surface area contributed by atoms with Gasteiger partial charge in [0.25, 0.3) is 11.7 Å². The van der Waals surface area contributed by atoms with Crippen molar-refractivity contribution >= 4 is 54.9 Å². The third-order valence-electron chi connectivity index (χ3n) is 12.1. The number of aromatic nitrogens is 2. The first-order chi connectivity index (χ1) is 26.6. The number of nitrogens with one attached hydrogen (secondary N) is 2. The highest BCUT2D eigenvalue weighted by Gasteiger charge is 2.56. The molecule has 1 radical (unpaired) electrons. The standard InChI is InChI=1S/C42H40ClFN5O5Si/c1-24-18-28(21-31-37(24)47-40(51)42(31)12-13-42)45-39(50)26-6-9-34-33(19-26)46-36(49(34)23-55-17-16-52-55)22-48-14-10-25(11-15-48)29-4-3-5-35-38(29)54-41(2,53-35)30-8-7-27(43)20-32(30)44/h3-9,18-21,25H,10-17,22-23H2,1-2H3,(H,45,50)(H,47,51). The van der Waals surface area contributed by atoms with Crippen LogP contribution in [0.5, 0.6) is 11.5 Å². The zero-order valence-corrected chi connectivity index (χ0v) is 32.4. The second-order valence-electron chi connectivity index (χ2n) is 15.7. The summed E-state index contributed by atoms with van der Waals surface area (Å²) in [5, 5.41) is 6.45. The van der Waals surface area contributed by atoms with Gasteiger partial charge >= 0.3 is 0 Å². The van der Waals surface area contributed by atoms with Crippen LogP contribution in [0.3, 0.4) is 0 Å². The monoisotopic (exact) mass is 776 g/mol. The average molecular weight is 777 g/mol. The zero-order valence-electron chi connectivity index (χ0n) is 30.6. The van der Waals surface area contributed by atoms with Crippen molar-refractivity contribution in [1.82, 2.24) is 14.5 Å². The van der Waals surface area contributed by atoms with Crippen molar-refractivity contribution in [3.63, 3.8) is 0 Å². The van der Waals surface area contributed by atoms with E-state index < -0.39 is 26.1 Å². The van der Waals surface area contributed by atoms with Crippen molar-refractivity contribution in [2.24, 2.45) is 0 Å². The number of benzene rings is 4. The first-order valence-corrected chi connectivity index (χ1v) is 21.2. The van der Waals surface area contributed by atoms with Gasteiger partial charge in [0.2, 0.25) is 14.9 Å². The summed E-state index contributed by atoms with van der Waals surface area (Å²) < 4.78 is 35.9. The van der Waals surface area contributed by atoms with Gasteiger partial charge in [-0.2, -0.15) is 0 Å². The van der Waals surface area contributed by atoms with E-state index in [2.05, 4.69) is 26.2 Å². The Morgan fingerprint density at radius 3 is 2.64 bits per heavy atom. The van der Waals surface area contributed by atoms with Crippen molar-refractivity contribution in [2.45, 2.75) is 75.4 Å². The molecule has 4 aromatic carbocycles. The molecule has 10 nitrogen and oxygen atoms in total. The predicted molar refractivity (Wildman–Crippen MR) is 209 cm³/mol. The summed E-state index contributed by atoms with van der Waals surface area (Å²) in [5.74, 6) is 0.598. The molecular weight excluding hydrogens is 737 g/mol. The molecule has 1 spiro atoms. The first-order valence-electron chi connectivity index (χ1n) is 19.0. The summed E-state index contributed by atoms with van der Waals surface area (Å²) in [4.78, 5) is 33.8. The minimum Gasteiger partial charge on any atom is -0.444 e. The number of halogens is 2. The lowest BCUT2D eigenvalue weighted by molar-refractivity contribution is -0.117. The third kappa shape index (κ3) is 5.92. The molecule has 5 aromatic rings. The fourth-order valence-corrected chi connectivity index (χ4v) is 10.4. The Hall–Kier alpha value is -4.75. The number of likely N-dealkylation sites (tertiary alicyclic amines) is 1. The number of hydrogen-bond donors (Lipinski definition) is 2. The minimum atomic E-state index is -1.29. The maximum Gasteiger partial charge on any atom is 0.278 e. The molecule has 1 unspecified atom stereocenters. The Morgan fingerprint density at radius 1 is 1.07 bits per heavy atom. The number of amides is 2. The average Bonchev–Trinajstić information content (AvgIpc) is 3.68. The Kier molecular flexibility index (Phi) is 8.15. The van der Waals surface area contributed by atoms with Crippen LogP contribution in [0.15, 0.2) is 66.7 Å². The van der Waals surface area contributed by atoms with Gasteiger partial charge in [-0.05, 0) is 123 Å². The fraction of sp³-hybridized carbons (Fsp3) is 0.357. The number of rotatable bonds is 8. The van der Waals surface area contributed by atoms with Crippen LogP contribution in [0.4, 0.5) is 15.8 Å². The molecule has 1 aliphatic carbocycles. The van der Waals surface area contributed by atoms with E-state index in [9.17, 15) is 14.0 Å². The maximum atomic E-state index is 15.0. The van der Waals surface area contributed by atoms with Crippen LogP contribution in [0.25, 0.3) is 11.0 Å². The van der Waals surface area contributed by atoms with Crippen molar-refractivity contribution in [1.29, 1.82) is 0 Å². The Morgan fingerprint density at radius 2 is 1.89 bits per heavy atom. The minimum absolute atomic E-state index is 0.0612. The zero-order chi connectivity index (χ0) is 37.6. The quantitative estimate of drug-likeness (QED) is 0.154. The van der Waals surface area contributed by atoms with E-state index in [1.54, 1.807) is 19.1 Å². The van der Waals surface area contributed by atoms with E-state index in [-0.39, 0.29) is 17.7 Å². The van der Waals surface area contributed by atoms with Crippen molar-refractivity contribution in [3.05, 3.63) is 111 Å². The molecule has 4 aliphatic heterocycles. The summed E-state index contributed by atoms with van der Waals surface area (Å²) in [7, 11) is -0.951. The van der Waals surface area contributed by atoms with E-state index >= 15 is 0 Å². The molecule has 1 aromatic heterocycles. The van der Waals surface area contributed by atoms with Gasteiger partial charge in [0.15, 0.2) is 11.5 Å². The van der Waals surface area contributed by atoms with Crippen LogP contribution < -0.4 is 20.1 Å². The molecule has 1 atom stereocenters. The third-order valence-corrected chi connectivity index (χ3v) is 14.3. The molecule has 13 heteroatoms. The largest absolute Gasteiger partial charge is 0.444 e. The van der Waals surface area contributed by atoms with Gasteiger partial charge in [-0.15, -0.1) is 0 Å². The predicted octanol–water partition coefficient (Wildman–Crippen LogP) is 7.96. The van der Waals surface area contributed by atoms with Crippen molar-refractivity contribution in [2.75, 3.05) is 30.3 Å². The molecule has 2 amide bonds. The van der Waals surface area contributed by atoms with Gasteiger partial charge < -0.3 is 29.1 Å². The highest BCUT2D eigenvalue weighted by molar-refractivity contribution is 6.53. The second-order valence-corrected chi connectivity index (χ2v) is 18.3. The molecule has 5 heterocycles. The molecule has 1 saturated carbocycles. The van der Waals surface area contributed by atoms with E-state index in [0.717, 1.165) is 96.8 Å². The van der Waals surface area contributed by atoms with E-state index in [0.29, 0.717) is 39.9 Å². The Balaban J connectivity index is 0.852. The lowest BCUT2D eigenvalue weighted by Crippen LogP contribution is -2.37. The lowest BCUT2D eigenvalue weighted by Gasteiger charge is -2.33. The molecule has 281 valence electrons. The fourth-order valence-electron chi connectivity index (χ4n) is 8.79. The number of para-hydroxylation sites is 1. The molecule has 2 N–H and O–H groups in total. The molecule has 10 rings (SSSR count). The lowest BCUT2D eigenvalue weighted by atomic mass is 9.88. The van der Waals surface area contributed by atoms with E-state index in [4.69, 9.17) is 30.5 Å². The topological polar surface area (TPSA) is 107 Å². The summed E-state index contributed by atoms with van der Waals surface area (Å²) in [6, 6.07) is 21.2. The number of ether oxygens (including phenoxy) is 2.